The molecule has 15 N–H and O–H groups in total. The first kappa shape index (κ1) is 68.4. The van der Waals surface area contributed by atoms with E-state index in [9.17, 15) is 88.2 Å². The first-order chi connectivity index (χ1) is 39.9. The van der Waals surface area contributed by atoms with Gasteiger partial charge < -0.3 is 78.5 Å². The predicted octanol–water partition coefficient (Wildman–Crippen LogP) is 0.734. The van der Waals surface area contributed by atoms with Crippen molar-refractivity contribution in [3.05, 3.63) is 56.4 Å². The summed E-state index contributed by atoms with van der Waals surface area (Å²) in [4.78, 5) is 139. The third-order valence-electron chi connectivity index (χ3n) is 11.9. The summed E-state index contributed by atoms with van der Waals surface area (Å²) >= 11 is 0. The van der Waals surface area contributed by atoms with Crippen LogP contribution in [0.15, 0.2) is 30.5 Å². The number of aromatic nitrogens is 5. The maximum atomic E-state index is 12.8. The number of carbonyl (C=O) groups is 9. The van der Waals surface area contributed by atoms with Gasteiger partial charge in [0.2, 0.25) is 17.5 Å². The number of hydrogen-bond acceptors (Lipinski definition) is 22. The smallest absolute Gasteiger partial charge is 0.326 e. The number of halogens is 1. The van der Waals surface area contributed by atoms with Crippen molar-refractivity contribution in [2.45, 2.75) is 108 Å². The molecule has 3 aromatic rings. The lowest BCUT2D eigenvalue weighted by atomic mass is 10.1. The second-order valence-electron chi connectivity index (χ2n) is 18.4. The van der Waals surface area contributed by atoms with Crippen LogP contribution in [0.2, 0.25) is 0 Å². The Bertz CT molecular complexity index is 2590. The van der Waals surface area contributed by atoms with Crippen LogP contribution in [-0.2, 0) is 46.5 Å². The zero-order chi connectivity index (χ0) is 62.1. The van der Waals surface area contributed by atoms with Crippen molar-refractivity contribution in [3.8, 4) is 0 Å². The van der Waals surface area contributed by atoms with Crippen LogP contribution in [0.5, 0.6) is 0 Å². The number of rotatable bonds is 44. The van der Waals surface area contributed by atoms with Gasteiger partial charge in [0.05, 0.1) is 22.2 Å². The maximum Gasteiger partial charge on any atom is 0.326 e. The quantitative estimate of drug-likeness (QED) is 0.0211. The van der Waals surface area contributed by atoms with Crippen molar-refractivity contribution in [2.75, 3.05) is 80.3 Å². The Morgan fingerprint density at radius 2 is 0.976 bits per heavy atom. The predicted molar refractivity (Wildman–Crippen MR) is 290 cm³/mol. The first-order valence-electron chi connectivity index (χ1n) is 26.1. The van der Waals surface area contributed by atoms with Gasteiger partial charge in [0.15, 0.2) is 0 Å². The molecule has 0 bridgehead atoms. The molecule has 5 amide bonds. The molecule has 0 saturated heterocycles. The molecular formula is C47H68FN17O19. The van der Waals surface area contributed by atoms with E-state index in [1.54, 1.807) is 0 Å². The summed E-state index contributed by atoms with van der Waals surface area (Å²) in [7, 11) is 0. The highest BCUT2D eigenvalue weighted by atomic mass is 19.1. The zero-order valence-corrected chi connectivity index (χ0v) is 45.2. The van der Waals surface area contributed by atoms with Crippen LogP contribution >= 0.6 is 0 Å². The summed E-state index contributed by atoms with van der Waals surface area (Å²) in [5.74, 6) is -8.71. The van der Waals surface area contributed by atoms with Crippen molar-refractivity contribution < 1.29 is 88.0 Å². The average molecular weight is 1190 g/mol. The Balaban J connectivity index is 1.63. The van der Waals surface area contributed by atoms with Crippen LogP contribution in [0, 0.1) is 20.2 Å². The van der Waals surface area contributed by atoms with Gasteiger partial charge in [0.25, 0.3) is 0 Å². The van der Waals surface area contributed by atoms with Crippen molar-refractivity contribution >= 4 is 88.4 Å². The highest BCUT2D eigenvalue weighted by Gasteiger charge is 2.27. The lowest BCUT2D eigenvalue weighted by Gasteiger charge is -2.23. The van der Waals surface area contributed by atoms with E-state index >= 15 is 0 Å². The second kappa shape index (κ2) is 36.5. The molecule has 462 valence electrons. The Morgan fingerprint density at radius 1 is 0.560 bits per heavy atom. The number of aliphatic carboxylic acids is 6. The summed E-state index contributed by atoms with van der Waals surface area (Å²) in [5.41, 5.74) is -0.238. The number of urea groups is 2. The Labute approximate surface area is 476 Å². The number of hydrogen-bond donors (Lipinski definition) is 15. The average Bonchev–Trinajstić information content (AvgIpc) is 3.99. The fourth-order valence-electron chi connectivity index (χ4n) is 7.65. The fourth-order valence-corrected chi connectivity index (χ4v) is 7.65. The summed E-state index contributed by atoms with van der Waals surface area (Å²) in [6.45, 7) is 0.801. The number of aryl methyl sites for hydroxylation is 1. The molecule has 3 heterocycles. The number of pyridine rings is 2. The molecule has 2 unspecified atom stereocenters. The molecule has 0 aliphatic rings. The number of carbonyl (C=O) groups excluding carboxylic acids is 3. The van der Waals surface area contributed by atoms with Crippen LogP contribution in [0.3, 0.4) is 0 Å². The van der Waals surface area contributed by atoms with E-state index in [0.717, 1.165) is 0 Å². The number of unbranched alkanes of at least 4 members (excludes halogenated alkanes) is 2. The number of anilines is 4. The van der Waals surface area contributed by atoms with Crippen molar-refractivity contribution in [1.82, 2.24) is 56.4 Å². The van der Waals surface area contributed by atoms with Gasteiger partial charge in [-0.15, -0.1) is 5.10 Å². The third kappa shape index (κ3) is 26.6. The van der Waals surface area contributed by atoms with Gasteiger partial charge in [-0.05, 0) is 76.3 Å². The van der Waals surface area contributed by atoms with Gasteiger partial charge in [-0.3, -0.25) is 43.9 Å². The largest absolute Gasteiger partial charge is 0.481 e. The Kier molecular flexibility index (Phi) is 29.7. The molecule has 3 rings (SSSR count). The van der Waals surface area contributed by atoms with Crippen LogP contribution in [0.1, 0.15) is 76.3 Å². The van der Waals surface area contributed by atoms with Crippen LogP contribution < -0.4 is 47.9 Å². The number of carboxylic acids is 6. The monoisotopic (exact) mass is 1190 g/mol. The minimum atomic E-state index is -1.59. The molecule has 37 heteroatoms. The van der Waals surface area contributed by atoms with Crippen molar-refractivity contribution in [3.63, 3.8) is 0 Å². The van der Waals surface area contributed by atoms with Crippen molar-refractivity contribution in [2.24, 2.45) is 0 Å². The number of nitrogens with one attached hydrogen (secondary N) is 9. The molecule has 0 radical (unpaired) electrons. The molecule has 0 aliphatic carbocycles. The van der Waals surface area contributed by atoms with E-state index in [1.165, 1.54) is 35.1 Å². The third-order valence-corrected chi connectivity index (χ3v) is 11.9. The number of amides is 5. The second-order valence-corrected chi connectivity index (χ2v) is 18.4. The first-order valence-corrected chi connectivity index (χ1v) is 26.1. The molecule has 0 aliphatic heterocycles. The number of alkyl halides is 1. The summed E-state index contributed by atoms with van der Waals surface area (Å²) in [6, 6.07) is -3.22. The van der Waals surface area contributed by atoms with Crippen LogP contribution in [0.4, 0.5) is 48.6 Å². The van der Waals surface area contributed by atoms with Gasteiger partial charge >= 0.3 is 59.3 Å². The minimum Gasteiger partial charge on any atom is -0.481 e. The Hall–Kier alpha value is -9.84. The molecule has 0 saturated carbocycles. The number of carboxylic acid groups (broad SMARTS) is 6. The molecule has 0 spiro atoms. The summed E-state index contributed by atoms with van der Waals surface area (Å²) in [5, 5.41) is 110. The highest BCUT2D eigenvalue weighted by Crippen LogP contribution is 2.25. The maximum absolute atomic E-state index is 12.8. The molecule has 36 nitrogen and oxygen atoms in total. The van der Waals surface area contributed by atoms with E-state index in [0.29, 0.717) is 12.1 Å². The van der Waals surface area contributed by atoms with E-state index in [-0.39, 0.29) is 138 Å². The SMILES string of the molecule is O=C(O)CCC(NC(=O)N[C@@H](CCCCNc1nc(NCCN(CCNC(=O)Cn2cc(CCCF)nn2)CCNc2ccc([N+](=O)[O-])c(NCCCC[C@H](NC(=O)NC(CCC(=O)O)C(=O)O)C(=O)O)n2)ccc1[N+](=O)[O-])C(=O)O)C(=O)O. The van der Waals surface area contributed by atoms with Crippen LogP contribution in [0.25, 0.3) is 0 Å². The number of nitro groups is 2. The topological polar surface area (TPSA) is 529 Å². The fraction of sp³-hybridized carbons (Fsp3) is 0.553. The van der Waals surface area contributed by atoms with Gasteiger partial charge in [0, 0.05) is 83.5 Å². The molecule has 4 atom stereocenters. The molecule has 84 heavy (non-hydrogen) atoms. The van der Waals surface area contributed by atoms with E-state index in [2.05, 4.69) is 57.5 Å². The van der Waals surface area contributed by atoms with E-state index < -0.39 is 120 Å². The Morgan fingerprint density at radius 3 is 1.37 bits per heavy atom. The van der Waals surface area contributed by atoms with Crippen molar-refractivity contribution in [1.29, 1.82) is 0 Å². The molecule has 3 aromatic heterocycles. The molecular weight excluding hydrogens is 1130 g/mol. The zero-order valence-electron chi connectivity index (χ0n) is 45.2. The van der Waals surface area contributed by atoms with E-state index in [1.807, 2.05) is 15.5 Å². The molecule has 0 aromatic carbocycles. The van der Waals surface area contributed by atoms with Gasteiger partial charge in [-0.1, -0.05) is 5.21 Å². The number of nitrogens with zero attached hydrogens (tertiary/aromatic N) is 8. The normalized spacial score (nSPS) is 12.3. The van der Waals surface area contributed by atoms with Gasteiger partial charge in [-0.25, -0.2) is 43.4 Å². The highest BCUT2D eigenvalue weighted by molar-refractivity contribution is 5.87. The van der Waals surface area contributed by atoms with Crippen LogP contribution in [-0.4, -0.2) is 207 Å². The summed E-state index contributed by atoms with van der Waals surface area (Å²) < 4.78 is 14.0. The lowest BCUT2D eigenvalue weighted by Crippen LogP contribution is -2.51. The lowest BCUT2D eigenvalue weighted by molar-refractivity contribution is -0.384. The van der Waals surface area contributed by atoms with E-state index in [4.69, 9.17) is 10.2 Å². The standard InChI is InChI=1S/C47H68FN17O19/c48-17-5-6-28-26-63(61-60-28)27-37(66)51-22-25-62(23-20-49-35-13-11-33(64(81)82)40(58-35)52-18-3-1-7-29(42(71)72)54-46(79)56-31(44(75)76)9-15-38(67)68)24-21-50-36-14-12-34(65(83)84)41(59-36)53-19-4-2-8-30(43(73)74)55-47(80)57-32(45(77)78)10-16-39(69)70/h11-14,26,29-32H,1-10,15-25,27H2,(H,51,66)(H,67,68)(H,69,70)(H,71,72)(H,73,74)(H,75,76)(H,77,78)(H2,49,52,58)(H2,50,53,59)(H2,54,56,79)(H2,55,57,80)/t29-,30-,31?,32?/m0/s1. The van der Waals surface area contributed by atoms with Gasteiger partial charge in [-0.2, -0.15) is 0 Å². The molecule has 0 fully saturated rings. The van der Waals surface area contributed by atoms with Gasteiger partial charge in [0.1, 0.15) is 42.3 Å². The minimum absolute atomic E-state index is 0.0637. The summed E-state index contributed by atoms with van der Waals surface area (Å²) in [6.07, 6.45) is 0.625.